The van der Waals surface area contributed by atoms with Gasteiger partial charge < -0.3 is 10.1 Å². The van der Waals surface area contributed by atoms with E-state index in [1.165, 1.54) is 12.0 Å². The van der Waals surface area contributed by atoms with Crippen molar-refractivity contribution in [1.29, 1.82) is 0 Å². The standard InChI is InChI=1S/C20H25N3O3/c1-2-7-16-12-17(23-22-16)19(25)26-13-18(24)21-14-20(10-6-11-20)15-8-4-3-5-9-15/h3-5,8-9,12H,2,6-7,10-11,13-14H2,1H3,(H,21,24)(H,22,23). The molecule has 1 heterocycles. The van der Waals surface area contributed by atoms with Gasteiger partial charge in [0, 0.05) is 17.7 Å². The number of H-pyrrole nitrogens is 1. The Morgan fingerprint density at radius 1 is 1.27 bits per heavy atom. The van der Waals surface area contributed by atoms with Gasteiger partial charge in [0.1, 0.15) is 0 Å². The van der Waals surface area contributed by atoms with E-state index in [0.29, 0.717) is 6.54 Å². The van der Waals surface area contributed by atoms with E-state index in [0.717, 1.165) is 31.4 Å². The topological polar surface area (TPSA) is 84.1 Å². The molecule has 1 amide bonds. The van der Waals surface area contributed by atoms with Crippen molar-refractivity contribution in [2.45, 2.75) is 44.4 Å². The molecule has 6 heteroatoms. The Hall–Kier alpha value is -2.63. The van der Waals surface area contributed by atoms with Gasteiger partial charge in [-0.1, -0.05) is 50.1 Å². The summed E-state index contributed by atoms with van der Waals surface area (Å²) < 4.78 is 5.07. The van der Waals surface area contributed by atoms with Gasteiger partial charge in [-0.05, 0) is 30.9 Å². The fourth-order valence-corrected chi connectivity index (χ4v) is 3.35. The SMILES string of the molecule is CCCc1cc(C(=O)OCC(=O)NCC2(c3ccccc3)CCC2)n[nH]1. The van der Waals surface area contributed by atoms with Crippen LogP contribution in [0.2, 0.25) is 0 Å². The lowest BCUT2D eigenvalue weighted by Gasteiger charge is -2.42. The van der Waals surface area contributed by atoms with Gasteiger partial charge in [-0.2, -0.15) is 5.10 Å². The summed E-state index contributed by atoms with van der Waals surface area (Å²) in [4.78, 5) is 24.1. The Morgan fingerprint density at radius 3 is 2.69 bits per heavy atom. The molecule has 0 aliphatic heterocycles. The van der Waals surface area contributed by atoms with E-state index >= 15 is 0 Å². The number of hydrogen-bond donors (Lipinski definition) is 2. The number of esters is 1. The quantitative estimate of drug-likeness (QED) is 0.713. The van der Waals surface area contributed by atoms with Gasteiger partial charge in [0.25, 0.3) is 5.91 Å². The van der Waals surface area contributed by atoms with E-state index in [-0.39, 0.29) is 23.6 Å². The Morgan fingerprint density at radius 2 is 2.04 bits per heavy atom. The first kappa shape index (κ1) is 18.2. The lowest BCUT2D eigenvalue weighted by atomic mass is 9.64. The van der Waals surface area contributed by atoms with Crippen molar-refractivity contribution in [2.75, 3.05) is 13.2 Å². The van der Waals surface area contributed by atoms with Crippen molar-refractivity contribution in [3.63, 3.8) is 0 Å². The highest BCUT2D eigenvalue weighted by Crippen LogP contribution is 2.43. The van der Waals surface area contributed by atoms with Crippen LogP contribution in [-0.4, -0.2) is 35.2 Å². The lowest BCUT2D eigenvalue weighted by molar-refractivity contribution is -0.124. The van der Waals surface area contributed by atoms with E-state index in [1.807, 2.05) is 25.1 Å². The molecule has 1 fully saturated rings. The molecule has 138 valence electrons. The molecule has 2 N–H and O–H groups in total. The molecule has 1 aromatic heterocycles. The third kappa shape index (κ3) is 4.12. The molecule has 2 aromatic rings. The Kier molecular flexibility index (Phi) is 5.71. The van der Waals surface area contributed by atoms with Crippen molar-refractivity contribution < 1.29 is 14.3 Å². The first-order chi connectivity index (χ1) is 12.6. The molecule has 6 nitrogen and oxygen atoms in total. The number of carbonyl (C=O) groups is 2. The second-order valence-corrected chi connectivity index (χ2v) is 6.88. The van der Waals surface area contributed by atoms with Crippen molar-refractivity contribution in [3.8, 4) is 0 Å². The Labute approximate surface area is 153 Å². The third-order valence-corrected chi connectivity index (χ3v) is 5.01. The van der Waals surface area contributed by atoms with Crippen LogP contribution in [0.5, 0.6) is 0 Å². The number of carbonyl (C=O) groups excluding carboxylic acids is 2. The average Bonchev–Trinajstić information content (AvgIpc) is 3.09. The van der Waals surface area contributed by atoms with Crippen LogP contribution in [0, 0.1) is 0 Å². The molecule has 0 saturated heterocycles. The van der Waals surface area contributed by atoms with Crippen LogP contribution >= 0.6 is 0 Å². The van der Waals surface area contributed by atoms with Crippen molar-refractivity contribution in [3.05, 3.63) is 53.3 Å². The van der Waals surface area contributed by atoms with Gasteiger partial charge in [-0.3, -0.25) is 9.89 Å². The zero-order chi connectivity index (χ0) is 18.4. The number of nitrogens with one attached hydrogen (secondary N) is 2. The van der Waals surface area contributed by atoms with Crippen LogP contribution in [0.15, 0.2) is 36.4 Å². The van der Waals surface area contributed by atoms with E-state index in [4.69, 9.17) is 4.74 Å². The van der Waals surface area contributed by atoms with Crippen LogP contribution in [0.1, 0.15) is 54.4 Å². The number of aromatic amines is 1. The lowest BCUT2D eigenvalue weighted by Crippen LogP contribution is -2.46. The van der Waals surface area contributed by atoms with Gasteiger partial charge in [0.2, 0.25) is 0 Å². The summed E-state index contributed by atoms with van der Waals surface area (Å²) in [5.41, 5.74) is 2.36. The summed E-state index contributed by atoms with van der Waals surface area (Å²) in [6.45, 7) is 2.32. The number of ether oxygens (including phenoxy) is 1. The van der Waals surface area contributed by atoms with Crippen molar-refractivity contribution in [2.24, 2.45) is 0 Å². The predicted octanol–water partition coefficient (Wildman–Crippen LogP) is 2.76. The summed E-state index contributed by atoms with van der Waals surface area (Å²) in [6, 6.07) is 11.9. The highest BCUT2D eigenvalue weighted by Gasteiger charge is 2.38. The van der Waals surface area contributed by atoms with Crippen molar-refractivity contribution >= 4 is 11.9 Å². The predicted molar refractivity (Wildman–Crippen MR) is 97.8 cm³/mol. The second kappa shape index (κ2) is 8.17. The van der Waals surface area contributed by atoms with E-state index in [1.54, 1.807) is 6.07 Å². The molecule has 1 saturated carbocycles. The summed E-state index contributed by atoms with van der Waals surface area (Å²) in [5.74, 6) is -0.870. The maximum absolute atomic E-state index is 12.1. The maximum Gasteiger partial charge on any atom is 0.359 e. The largest absolute Gasteiger partial charge is 0.451 e. The number of nitrogens with zero attached hydrogens (tertiary/aromatic N) is 1. The smallest absolute Gasteiger partial charge is 0.359 e. The van der Waals surface area contributed by atoms with Gasteiger partial charge >= 0.3 is 5.97 Å². The van der Waals surface area contributed by atoms with Crippen LogP contribution in [0.4, 0.5) is 0 Å². The highest BCUT2D eigenvalue weighted by atomic mass is 16.5. The average molecular weight is 355 g/mol. The van der Waals surface area contributed by atoms with Gasteiger partial charge in [-0.15, -0.1) is 0 Å². The number of aryl methyl sites for hydroxylation is 1. The minimum atomic E-state index is -0.583. The molecule has 26 heavy (non-hydrogen) atoms. The summed E-state index contributed by atoms with van der Waals surface area (Å²) in [5, 5.41) is 9.64. The van der Waals surface area contributed by atoms with E-state index in [2.05, 4.69) is 27.6 Å². The zero-order valence-corrected chi connectivity index (χ0v) is 15.1. The van der Waals surface area contributed by atoms with E-state index < -0.39 is 5.97 Å². The van der Waals surface area contributed by atoms with Crippen LogP contribution in [-0.2, 0) is 21.4 Å². The first-order valence-corrected chi connectivity index (χ1v) is 9.16. The molecule has 1 aliphatic rings. The molecular formula is C20H25N3O3. The third-order valence-electron chi connectivity index (χ3n) is 5.01. The molecule has 0 spiro atoms. The van der Waals surface area contributed by atoms with Crippen LogP contribution in [0.25, 0.3) is 0 Å². The molecule has 0 bridgehead atoms. The number of rotatable bonds is 8. The van der Waals surface area contributed by atoms with Gasteiger partial charge in [0.15, 0.2) is 12.3 Å². The Bertz CT molecular complexity index is 751. The Balaban J connectivity index is 1.47. The number of amides is 1. The maximum atomic E-state index is 12.1. The van der Waals surface area contributed by atoms with Crippen molar-refractivity contribution in [1.82, 2.24) is 15.5 Å². The summed E-state index contributed by atoms with van der Waals surface area (Å²) >= 11 is 0. The fourth-order valence-electron chi connectivity index (χ4n) is 3.35. The molecule has 3 rings (SSSR count). The molecule has 0 radical (unpaired) electrons. The molecule has 0 atom stereocenters. The number of benzene rings is 1. The minimum absolute atomic E-state index is 0.0121. The molecule has 1 aromatic carbocycles. The van der Waals surface area contributed by atoms with Gasteiger partial charge in [0.05, 0.1) is 0 Å². The van der Waals surface area contributed by atoms with Gasteiger partial charge in [-0.25, -0.2) is 4.79 Å². The second-order valence-electron chi connectivity index (χ2n) is 6.88. The van der Waals surface area contributed by atoms with Crippen LogP contribution in [0.3, 0.4) is 0 Å². The molecule has 0 unspecified atom stereocenters. The van der Waals surface area contributed by atoms with E-state index in [9.17, 15) is 9.59 Å². The normalized spacial score (nSPS) is 15.1. The molecular weight excluding hydrogens is 330 g/mol. The fraction of sp³-hybridized carbons (Fsp3) is 0.450. The first-order valence-electron chi connectivity index (χ1n) is 9.16. The molecule has 1 aliphatic carbocycles. The summed E-state index contributed by atoms with van der Waals surface area (Å²) in [6.07, 6.45) is 5.07. The highest BCUT2D eigenvalue weighted by molar-refractivity contribution is 5.89. The monoisotopic (exact) mass is 355 g/mol. The zero-order valence-electron chi connectivity index (χ0n) is 15.1. The minimum Gasteiger partial charge on any atom is -0.451 e. The number of hydrogen-bond acceptors (Lipinski definition) is 4. The number of aromatic nitrogens is 2. The van der Waals surface area contributed by atoms with Crippen LogP contribution < -0.4 is 5.32 Å². The summed E-state index contributed by atoms with van der Waals surface area (Å²) in [7, 11) is 0.